The van der Waals surface area contributed by atoms with E-state index in [0.29, 0.717) is 0 Å². The number of nitrogens with one attached hydrogen (secondary N) is 1. The molecule has 2 aromatic rings. The Morgan fingerprint density at radius 1 is 1.12 bits per heavy atom. The minimum atomic E-state index is -0.959. The Balaban J connectivity index is 1.99. The summed E-state index contributed by atoms with van der Waals surface area (Å²) in [5, 5.41) is 2.20. The number of halogens is 5. The van der Waals surface area contributed by atoms with Crippen molar-refractivity contribution in [3.63, 3.8) is 0 Å². The molecule has 0 fully saturated rings. The van der Waals surface area contributed by atoms with Crippen molar-refractivity contribution in [1.82, 2.24) is 4.98 Å². The smallest absolute Gasteiger partial charge is 0.359 e. The summed E-state index contributed by atoms with van der Waals surface area (Å²) in [4.78, 5) is 27.3. The molecule has 0 saturated heterocycles. The molecule has 0 spiro atoms. The van der Waals surface area contributed by atoms with Crippen LogP contribution in [0.1, 0.15) is 10.5 Å². The summed E-state index contributed by atoms with van der Waals surface area (Å²) in [6.07, 6.45) is 1.13. The van der Waals surface area contributed by atoms with Gasteiger partial charge in [-0.2, -0.15) is 0 Å². The zero-order valence-electron chi connectivity index (χ0n) is 11.6. The fourth-order valence-electron chi connectivity index (χ4n) is 1.56. The number of carbonyl (C=O) groups is 2. The van der Waals surface area contributed by atoms with Crippen molar-refractivity contribution in [1.29, 1.82) is 0 Å². The summed E-state index contributed by atoms with van der Waals surface area (Å²) in [5.41, 5.74) is -0.108. The Labute approximate surface area is 155 Å². The number of nitrogens with zero attached hydrogens (tertiary/aromatic N) is 1. The number of ether oxygens (including phenoxy) is 1. The Hall–Kier alpha value is -1.60. The van der Waals surface area contributed by atoms with Gasteiger partial charge in [0.2, 0.25) is 0 Å². The maximum Gasteiger partial charge on any atom is 0.359 e. The summed E-state index contributed by atoms with van der Waals surface area (Å²) in [6.45, 7) is -0.634. The number of carbonyl (C=O) groups excluding carboxylic acids is 2. The molecule has 1 heterocycles. The summed E-state index contributed by atoms with van der Waals surface area (Å²) in [5.74, 6) is -2.20. The van der Waals surface area contributed by atoms with Crippen LogP contribution < -0.4 is 5.32 Å². The van der Waals surface area contributed by atoms with Crippen LogP contribution in [0.5, 0.6) is 0 Å². The molecule has 24 heavy (non-hydrogen) atoms. The molecule has 1 aromatic carbocycles. The lowest BCUT2D eigenvalue weighted by Gasteiger charge is -2.09. The number of anilines is 1. The molecular formula is C14H7Cl4FN2O3. The van der Waals surface area contributed by atoms with Crippen molar-refractivity contribution in [2.75, 3.05) is 11.9 Å². The second-order valence-corrected chi connectivity index (χ2v) is 5.90. The van der Waals surface area contributed by atoms with Crippen LogP contribution in [-0.4, -0.2) is 23.5 Å². The van der Waals surface area contributed by atoms with Crippen LogP contribution in [-0.2, 0) is 9.53 Å². The molecule has 0 bridgehead atoms. The number of rotatable bonds is 4. The molecule has 126 valence electrons. The van der Waals surface area contributed by atoms with Crippen molar-refractivity contribution in [3.8, 4) is 0 Å². The first-order valence-electron chi connectivity index (χ1n) is 6.21. The van der Waals surface area contributed by atoms with Crippen LogP contribution in [0.15, 0.2) is 24.4 Å². The lowest BCUT2D eigenvalue weighted by molar-refractivity contribution is -0.119. The van der Waals surface area contributed by atoms with E-state index in [2.05, 4.69) is 10.3 Å². The normalized spacial score (nSPS) is 10.4. The Kier molecular flexibility index (Phi) is 6.23. The van der Waals surface area contributed by atoms with Gasteiger partial charge in [-0.25, -0.2) is 14.2 Å². The van der Waals surface area contributed by atoms with E-state index >= 15 is 0 Å². The van der Waals surface area contributed by atoms with E-state index in [0.717, 1.165) is 18.3 Å². The van der Waals surface area contributed by atoms with Crippen molar-refractivity contribution in [3.05, 3.63) is 56.0 Å². The molecule has 1 amide bonds. The van der Waals surface area contributed by atoms with Crippen LogP contribution in [0.25, 0.3) is 0 Å². The molecule has 0 radical (unpaired) electrons. The van der Waals surface area contributed by atoms with Gasteiger partial charge >= 0.3 is 5.97 Å². The van der Waals surface area contributed by atoms with Gasteiger partial charge in [0.1, 0.15) is 5.82 Å². The van der Waals surface area contributed by atoms with E-state index in [1.54, 1.807) is 0 Å². The monoisotopic (exact) mass is 410 g/mol. The standard InChI is InChI=1S/C14H7Cl4FN2O3/c15-7-3-6(19)1-2-9(7)21-10(22)5-24-14(23)13-12(18)11(17)8(16)4-20-13/h1-4H,5H2,(H,21,22). The first-order valence-corrected chi connectivity index (χ1v) is 7.72. The molecule has 0 atom stereocenters. The van der Waals surface area contributed by atoms with Crippen LogP contribution in [0.4, 0.5) is 10.1 Å². The molecule has 0 aliphatic rings. The second-order valence-electron chi connectivity index (χ2n) is 4.33. The van der Waals surface area contributed by atoms with E-state index in [4.69, 9.17) is 51.1 Å². The summed E-state index contributed by atoms with van der Waals surface area (Å²) in [6, 6.07) is 3.42. The Bertz CT molecular complexity index is 817. The van der Waals surface area contributed by atoms with Crippen molar-refractivity contribution in [2.24, 2.45) is 0 Å². The topological polar surface area (TPSA) is 68.3 Å². The predicted octanol–water partition coefficient (Wildman–Crippen LogP) is 4.63. The van der Waals surface area contributed by atoms with Gasteiger partial charge in [-0.1, -0.05) is 46.4 Å². The largest absolute Gasteiger partial charge is 0.451 e. The number of hydrogen-bond acceptors (Lipinski definition) is 4. The van der Waals surface area contributed by atoms with Gasteiger partial charge in [0, 0.05) is 6.20 Å². The van der Waals surface area contributed by atoms with E-state index in [1.807, 2.05) is 0 Å². The summed E-state index contributed by atoms with van der Waals surface area (Å²) >= 11 is 23.1. The molecule has 0 aliphatic carbocycles. The number of esters is 1. The van der Waals surface area contributed by atoms with Gasteiger partial charge in [-0.15, -0.1) is 0 Å². The van der Waals surface area contributed by atoms with E-state index < -0.39 is 24.3 Å². The van der Waals surface area contributed by atoms with Gasteiger partial charge in [0.25, 0.3) is 5.91 Å². The first kappa shape index (κ1) is 18.7. The predicted molar refractivity (Wildman–Crippen MR) is 89.6 cm³/mol. The van der Waals surface area contributed by atoms with Gasteiger partial charge in [-0.3, -0.25) is 4.79 Å². The third kappa shape index (κ3) is 4.48. The zero-order chi connectivity index (χ0) is 17.9. The van der Waals surface area contributed by atoms with Crippen LogP contribution >= 0.6 is 46.4 Å². The SMILES string of the molecule is O=C(COC(=O)c1ncc(Cl)c(Cl)c1Cl)Nc1ccc(F)cc1Cl. The number of aromatic nitrogens is 1. The fourth-order valence-corrected chi connectivity index (χ4v) is 2.33. The highest BCUT2D eigenvalue weighted by Gasteiger charge is 2.19. The fraction of sp³-hybridized carbons (Fsp3) is 0.0714. The number of pyridine rings is 1. The molecule has 1 N–H and O–H groups in total. The third-order valence-corrected chi connectivity index (χ3v) is 4.20. The molecule has 0 aliphatic heterocycles. The molecule has 10 heteroatoms. The highest BCUT2D eigenvalue weighted by molar-refractivity contribution is 6.48. The lowest BCUT2D eigenvalue weighted by Crippen LogP contribution is -2.21. The molecule has 0 unspecified atom stereocenters. The molecule has 0 saturated carbocycles. The van der Waals surface area contributed by atoms with E-state index in [9.17, 15) is 14.0 Å². The summed E-state index contributed by atoms with van der Waals surface area (Å²) < 4.78 is 17.7. The maximum absolute atomic E-state index is 12.9. The zero-order valence-corrected chi connectivity index (χ0v) is 14.6. The van der Waals surface area contributed by atoms with E-state index in [-0.39, 0.29) is 31.5 Å². The Morgan fingerprint density at radius 3 is 2.50 bits per heavy atom. The highest BCUT2D eigenvalue weighted by atomic mass is 35.5. The Morgan fingerprint density at radius 2 is 1.83 bits per heavy atom. The summed E-state index contributed by atoms with van der Waals surface area (Å²) in [7, 11) is 0. The first-order chi connectivity index (χ1) is 11.3. The molecule has 1 aromatic heterocycles. The molecular weight excluding hydrogens is 405 g/mol. The van der Waals surface area contributed by atoms with Gasteiger partial charge < -0.3 is 10.1 Å². The van der Waals surface area contributed by atoms with Crippen molar-refractivity contribution in [2.45, 2.75) is 0 Å². The third-order valence-electron chi connectivity index (χ3n) is 2.65. The van der Waals surface area contributed by atoms with Gasteiger partial charge in [0.15, 0.2) is 12.3 Å². The lowest BCUT2D eigenvalue weighted by atomic mass is 10.3. The molecule has 2 rings (SSSR count). The van der Waals surface area contributed by atoms with Gasteiger partial charge in [-0.05, 0) is 18.2 Å². The second kappa shape index (κ2) is 7.98. The van der Waals surface area contributed by atoms with Crippen molar-refractivity contribution >= 4 is 64.0 Å². The molecule has 5 nitrogen and oxygen atoms in total. The van der Waals surface area contributed by atoms with E-state index in [1.165, 1.54) is 6.07 Å². The minimum Gasteiger partial charge on any atom is -0.451 e. The minimum absolute atomic E-state index is 0.00358. The van der Waals surface area contributed by atoms with Crippen LogP contribution in [0, 0.1) is 5.82 Å². The number of benzene rings is 1. The van der Waals surface area contributed by atoms with Gasteiger partial charge in [0.05, 0.1) is 25.8 Å². The van der Waals surface area contributed by atoms with Crippen molar-refractivity contribution < 1.29 is 18.7 Å². The van der Waals surface area contributed by atoms with Crippen LogP contribution in [0.2, 0.25) is 20.1 Å². The quantitative estimate of drug-likeness (QED) is 0.744. The number of amides is 1. The number of hydrogen-bond donors (Lipinski definition) is 1. The average molecular weight is 412 g/mol. The maximum atomic E-state index is 12.9. The van der Waals surface area contributed by atoms with Crippen LogP contribution in [0.3, 0.4) is 0 Å². The highest BCUT2D eigenvalue weighted by Crippen LogP contribution is 2.31. The average Bonchev–Trinajstić information content (AvgIpc) is 2.53.